The molecule has 0 aliphatic carbocycles. The maximum Gasteiger partial charge on any atom is 0.338 e. The van der Waals surface area contributed by atoms with E-state index in [0.29, 0.717) is 11.3 Å². The van der Waals surface area contributed by atoms with Crippen LogP contribution >= 0.6 is 0 Å². The fourth-order valence-corrected chi connectivity index (χ4v) is 3.46. The molecular formula is C18H21NO4S. The first-order valence-corrected chi connectivity index (χ1v) is 9.08. The van der Waals surface area contributed by atoms with Crippen LogP contribution in [-0.4, -0.2) is 20.5 Å². The number of carbonyl (C=O) groups is 1. The van der Waals surface area contributed by atoms with Gasteiger partial charge in [0, 0.05) is 5.69 Å². The molecule has 128 valence electrons. The number of hydrogen-bond donors (Lipinski definition) is 1. The summed E-state index contributed by atoms with van der Waals surface area (Å²) < 4.78 is 32.9. The van der Waals surface area contributed by atoms with E-state index >= 15 is 0 Å². The highest BCUT2D eigenvalue weighted by Gasteiger charge is 2.20. The van der Waals surface area contributed by atoms with E-state index in [9.17, 15) is 13.2 Å². The maximum absolute atomic E-state index is 12.6. The smallest absolute Gasteiger partial charge is 0.338 e. The quantitative estimate of drug-likeness (QED) is 0.838. The van der Waals surface area contributed by atoms with E-state index in [2.05, 4.69) is 4.72 Å². The Labute approximate surface area is 142 Å². The van der Waals surface area contributed by atoms with Gasteiger partial charge in [-0.15, -0.1) is 0 Å². The molecule has 0 spiro atoms. The topological polar surface area (TPSA) is 72.5 Å². The second-order valence-corrected chi connectivity index (χ2v) is 7.56. The van der Waals surface area contributed by atoms with E-state index in [1.807, 2.05) is 19.1 Å². The molecule has 0 fully saturated rings. The summed E-state index contributed by atoms with van der Waals surface area (Å²) in [5, 5.41) is 0. The van der Waals surface area contributed by atoms with Gasteiger partial charge >= 0.3 is 5.97 Å². The lowest BCUT2D eigenvalue weighted by molar-refractivity contribution is 0.0377. The third kappa shape index (κ3) is 4.35. The Hall–Kier alpha value is -2.34. The molecule has 0 radical (unpaired) electrons. The second-order valence-electron chi connectivity index (χ2n) is 5.91. The van der Waals surface area contributed by atoms with Crippen molar-refractivity contribution in [3.63, 3.8) is 0 Å². The Kier molecular flexibility index (Phi) is 5.29. The highest BCUT2D eigenvalue weighted by atomic mass is 32.2. The molecule has 0 saturated carbocycles. The molecule has 0 atom stereocenters. The SMILES string of the molecule is Cc1ccc(NS(=O)(=O)c2cc(C(=O)OC(C)C)ccc2C)cc1. The van der Waals surface area contributed by atoms with Gasteiger partial charge in [-0.25, -0.2) is 13.2 Å². The number of sulfonamides is 1. The molecule has 5 nitrogen and oxygen atoms in total. The van der Waals surface area contributed by atoms with Crippen molar-refractivity contribution in [2.45, 2.75) is 38.7 Å². The van der Waals surface area contributed by atoms with Gasteiger partial charge in [0.1, 0.15) is 0 Å². The van der Waals surface area contributed by atoms with Crippen LogP contribution < -0.4 is 4.72 Å². The standard InChI is InChI=1S/C18H21NO4S/c1-12(2)23-18(20)15-8-7-14(4)17(11-15)24(21,22)19-16-9-5-13(3)6-10-16/h5-12,19H,1-4H3. The number of hydrogen-bond acceptors (Lipinski definition) is 4. The summed E-state index contributed by atoms with van der Waals surface area (Å²) in [6.45, 7) is 7.08. The van der Waals surface area contributed by atoms with E-state index < -0.39 is 16.0 Å². The van der Waals surface area contributed by atoms with E-state index in [4.69, 9.17) is 4.74 Å². The minimum absolute atomic E-state index is 0.0567. The summed E-state index contributed by atoms with van der Waals surface area (Å²) in [4.78, 5) is 12.1. The van der Waals surface area contributed by atoms with Gasteiger partial charge < -0.3 is 4.74 Å². The van der Waals surface area contributed by atoms with Crippen molar-refractivity contribution >= 4 is 21.7 Å². The van der Waals surface area contributed by atoms with Crippen LogP contribution in [0.25, 0.3) is 0 Å². The van der Waals surface area contributed by atoms with Gasteiger partial charge in [0.05, 0.1) is 16.6 Å². The predicted octanol–water partition coefficient (Wildman–Crippen LogP) is 3.67. The number of ether oxygens (including phenoxy) is 1. The number of benzene rings is 2. The number of esters is 1. The minimum atomic E-state index is -3.80. The van der Waals surface area contributed by atoms with E-state index in [0.717, 1.165) is 5.56 Å². The van der Waals surface area contributed by atoms with E-state index in [-0.39, 0.29) is 16.6 Å². The maximum atomic E-state index is 12.6. The molecule has 0 saturated heterocycles. The molecule has 24 heavy (non-hydrogen) atoms. The molecular weight excluding hydrogens is 326 g/mol. The molecule has 6 heteroatoms. The number of carbonyl (C=O) groups excluding carboxylic acids is 1. The summed E-state index contributed by atoms with van der Waals surface area (Å²) in [6.07, 6.45) is -0.274. The summed E-state index contributed by atoms with van der Waals surface area (Å²) in [5.41, 5.74) is 2.26. The Morgan fingerprint density at radius 2 is 1.67 bits per heavy atom. The first-order valence-electron chi connectivity index (χ1n) is 7.60. The molecule has 0 unspecified atom stereocenters. The monoisotopic (exact) mass is 347 g/mol. The molecule has 0 aromatic heterocycles. The number of anilines is 1. The van der Waals surface area contributed by atoms with Crippen LogP contribution in [0.2, 0.25) is 0 Å². The number of aryl methyl sites for hydroxylation is 2. The van der Waals surface area contributed by atoms with Crippen molar-refractivity contribution < 1.29 is 17.9 Å². The third-order valence-corrected chi connectivity index (χ3v) is 4.88. The molecule has 2 rings (SSSR count). The number of nitrogens with one attached hydrogen (secondary N) is 1. The van der Waals surface area contributed by atoms with Crippen molar-refractivity contribution in [1.82, 2.24) is 0 Å². The molecule has 1 N–H and O–H groups in total. The largest absolute Gasteiger partial charge is 0.459 e. The zero-order valence-corrected chi connectivity index (χ0v) is 15.0. The first kappa shape index (κ1) is 18.0. The Morgan fingerprint density at radius 3 is 2.25 bits per heavy atom. The first-order chi connectivity index (χ1) is 11.2. The summed E-state index contributed by atoms with van der Waals surface area (Å²) in [5.74, 6) is -0.545. The van der Waals surface area contributed by atoms with Gasteiger partial charge in [0.2, 0.25) is 0 Å². The Balaban J connectivity index is 2.35. The Bertz CT molecular complexity index is 840. The minimum Gasteiger partial charge on any atom is -0.459 e. The summed E-state index contributed by atoms with van der Waals surface area (Å²) >= 11 is 0. The molecule has 0 bridgehead atoms. The lowest BCUT2D eigenvalue weighted by atomic mass is 10.1. The van der Waals surface area contributed by atoms with Crippen LogP contribution in [0.3, 0.4) is 0 Å². The van der Waals surface area contributed by atoms with Crippen molar-refractivity contribution in [2.75, 3.05) is 4.72 Å². The van der Waals surface area contributed by atoms with Crippen LogP contribution in [0.15, 0.2) is 47.4 Å². The van der Waals surface area contributed by atoms with E-state index in [1.165, 1.54) is 6.07 Å². The van der Waals surface area contributed by atoms with Gasteiger partial charge in [0.15, 0.2) is 0 Å². The van der Waals surface area contributed by atoms with Crippen molar-refractivity contribution in [3.8, 4) is 0 Å². The molecule has 0 aliphatic rings. The normalized spacial score (nSPS) is 11.4. The second kappa shape index (κ2) is 7.05. The fraction of sp³-hybridized carbons (Fsp3) is 0.278. The van der Waals surface area contributed by atoms with Gasteiger partial charge in [-0.3, -0.25) is 4.72 Å². The van der Waals surface area contributed by atoms with Crippen LogP contribution in [0, 0.1) is 13.8 Å². The summed E-state index contributed by atoms with van der Waals surface area (Å²) in [6, 6.07) is 11.5. The van der Waals surface area contributed by atoms with Gasteiger partial charge in [0.25, 0.3) is 10.0 Å². The Morgan fingerprint density at radius 1 is 1.04 bits per heavy atom. The predicted molar refractivity (Wildman–Crippen MR) is 93.7 cm³/mol. The molecule has 2 aromatic carbocycles. The van der Waals surface area contributed by atoms with Crippen molar-refractivity contribution in [3.05, 3.63) is 59.2 Å². The van der Waals surface area contributed by atoms with Crippen molar-refractivity contribution in [1.29, 1.82) is 0 Å². The van der Waals surface area contributed by atoms with Gasteiger partial charge in [-0.2, -0.15) is 0 Å². The van der Waals surface area contributed by atoms with Crippen LogP contribution in [0.4, 0.5) is 5.69 Å². The molecule has 2 aromatic rings. The van der Waals surface area contributed by atoms with Crippen LogP contribution in [-0.2, 0) is 14.8 Å². The average molecular weight is 347 g/mol. The lowest BCUT2D eigenvalue weighted by Crippen LogP contribution is -2.16. The van der Waals surface area contributed by atoms with Crippen molar-refractivity contribution in [2.24, 2.45) is 0 Å². The summed E-state index contributed by atoms with van der Waals surface area (Å²) in [7, 11) is -3.80. The number of rotatable bonds is 5. The average Bonchev–Trinajstić information content (AvgIpc) is 2.49. The zero-order chi connectivity index (χ0) is 17.9. The molecule has 0 aliphatic heterocycles. The van der Waals surface area contributed by atoms with E-state index in [1.54, 1.807) is 45.0 Å². The third-order valence-electron chi connectivity index (χ3n) is 3.36. The highest BCUT2D eigenvalue weighted by molar-refractivity contribution is 7.92. The van der Waals surface area contributed by atoms with Crippen LogP contribution in [0.5, 0.6) is 0 Å². The molecule has 0 amide bonds. The lowest BCUT2D eigenvalue weighted by Gasteiger charge is -2.13. The fourth-order valence-electron chi connectivity index (χ4n) is 2.13. The van der Waals surface area contributed by atoms with Gasteiger partial charge in [-0.1, -0.05) is 23.8 Å². The highest BCUT2D eigenvalue weighted by Crippen LogP contribution is 2.21. The zero-order valence-electron chi connectivity index (χ0n) is 14.2. The molecule has 0 heterocycles. The van der Waals surface area contributed by atoms with Gasteiger partial charge in [-0.05, 0) is 57.5 Å². The van der Waals surface area contributed by atoms with Crippen LogP contribution in [0.1, 0.15) is 35.3 Å².